The van der Waals surface area contributed by atoms with Gasteiger partial charge in [0.1, 0.15) is 5.75 Å². The summed E-state index contributed by atoms with van der Waals surface area (Å²) in [6, 6.07) is 3.58. The van der Waals surface area contributed by atoms with Crippen molar-refractivity contribution >= 4 is 12.4 Å². The molecule has 1 saturated heterocycles. The molecule has 23 heavy (non-hydrogen) atoms. The minimum atomic E-state index is -4.45. The number of aliphatic hydroxyl groups is 1. The summed E-state index contributed by atoms with van der Waals surface area (Å²) in [5.41, 5.74) is -0.493. The molecule has 0 aromatic heterocycles. The van der Waals surface area contributed by atoms with Gasteiger partial charge in [-0.05, 0) is 24.1 Å². The quantitative estimate of drug-likeness (QED) is 0.852. The van der Waals surface area contributed by atoms with E-state index in [4.69, 9.17) is 4.74 Å². The Morgan fingerprint density at radius 2 is 1.96 bits per heavy atom. The van der Waals surface area contributed by atoms with Crippen molar-refractivity contribution in [1.82, 2.24) is 10.2 Å². The second-order valence-electron chi connectivity index (χ2n) is 5.26. The molecule has 0 unspecified atom stereocenters. The fourth-order valence-corrected chi connectivity index (χ4v) is 2.85. The minimum Gasteiger partial charge on any atom is -0.497 e. The molecule has 1 fully saturated rings. The first-order valence-electron chi connectivity index (χ1n) is 7.28. The summed E-state index contributed by atoms with van der Waals surface area (Å²) in [7, 11) is 1.34. The molecule has 1 aromatic carbocycles. The predicted octanol–water partition coefficient (Wildman–Crippen LogP) is 2.46. The number of halogens is 4. The van der Waals surface area contributed by atoms with Gasteiger partial charge in [-0.3, -0.25) is 4.90 Å². The summed E-state index contributed by atoms with van der Waals surface area (Å²) in [6.45, 7) is 2.64. The summed E-state index contributed by atoms with van der Waals surface area (Å²) in [5, 5.41) is 12.5. The van der Waals surface area contributed by atoms with Crippen LogP contribution in [0.2, 0.25) is 0 Å². The lowest BCUT2D eigenvalue weighted by molar-refractivity contribution is -0.139. The first-order chi connectivity index (χ1) is 10.5. The van der Waals surface area contributed by atoms with Gasteiger partial charge in [0.2, 0.25) is 0 Å². The van der Waals surface area contributed by atoms with E-state index in [1.54, 1.807) is 0 Å². The Morgan fingerprint density at radius 3 is 2.48 bits per heavy atom. The molecule has 1 heterocycles. The number of hydrogen-bond donors (Lipinski definition) is 2. The molecule has 0 spiro atoms. The highest BCUT2D eigenvalue weighted by molar-refractivity contribution is 5.85. The summed E-state index contributed by atoms with van der Waals surface area (Å²) < 4.78 is 45.1. The lowest BCUT2D eigenvalue weighted by Gasteiger charge is -2.36. The van der Waals surface area contributed by atoms with Crippen LogP contribution < -0.4 is 10.1 Å². The van der Waals surface area contributed by atoms with Crippen molar-refractivity contribution in [3.8, 4) is 5.75 Å². The highest BCUT2D eigenvalue weighted by Gasteiger charge is 2.37. The van der Waals surface area contributed by atoms with E-state index in [-0.39, 0.29) is 36.7 Å². The van der Waals surface area contributed by atoms with Crippen molar-refractivity contribution in [2.24, 2.45) is 0 Å². The summed E-state index contributed by atoms with van der Waals surface area (Å²) >= 11 is 0. The SMILES string of the molecule is COc1ccc([C@@H](CCO)N2CCNCC2)c(C(F)(F)F)c1.Cl. The van der Waals surface area contributed by atoms with Crippen molar-refractivity contribution < 1.29 is 23.0 Å². The fourth-order valence-electron chi connectivity index (χ4n) is 2.85. The number of ether oxygens (including phenoxy) is 1. The van der Waals surface area contributed by atoms with Gasteiger partial charge in [-0.15, -0.1) is 12.4 Å². The second kappa shape index (κ2) is 8.73. The third-order valence-electron chi connectivity index (χ3n) is 3.92. The van der Waals surface area contributed by atoms with E-state index >= 15 is 0 Å². The third kappa shape index (κ3) is 4.97. The fraction of sp³-hybridized carbons (Fsp3) is 0.600. The number of nitrogens with one attached hydrogen (secondary N) is 1. The van der Waals surface area contributed by atoms with Gasteiger partial charge in [0.15, 0.2) is 0 Å². The Balaban J connectivity index is 0.00000264. The van der Waals surface area contributed by atoms with Gasteiger partial charge in [0.25, 0.3) is 0 Å². The van der Waals surface area contributed by atoms with E-state index in [1.165, 1.54) is 19.2 Å². The highest BCUT2D eigenvalue weighted by atomic mass is 35.5. The zero-order valence-electron chi connectivity index (χ0n) is 12.9. The second-order valence-corrected chi connectivity index (χ2v) is 5.26. The monoisotopic (exact) mass is 354 g/mol. The number of piperazine rings is 1. The van der Waals surface area contributed by atoms with Gasteiger partial charge >= 0.3 is 6.18 Å². The number of nitrogens with zero attached hydrogens (tertiary/aromatic N) is 1. The molecule has 2 N–H and O–H groups in total. The third-order valence-corrected chi connectivity index (χ3v) is 3.92. The number of rotatable bonds is 5. The van der Waals surface area contributed by atoms with Crippen LogP contribution >= 0.6 is 12.4 Å². The van der Waals surface area contributed by atoms with Gasteiger partial charge in [0.05, 0.1) is 12.7 Å². The standard InChI is InChI=1S/C15H21F3N2O2.ClH/c1-22-11-2-3-12(13(10-11)15(16,17)18)14(4-9-21)20-7-5-19-6-8-20;/h2-3,10,14,19,21H,4-9H2,1H3;1H/t14-;/m1./s1. The summed E-state index contributed by atoms with van der Waals surface area (Å²) in [4.78, 5) is 1.99. The molecular formula is C15H22ClF3N2O2. The Kier molecular flexibility index (Phi) is 7.60. The number of hydrogen-bond acceptors (Lipinski definition) is 4. The molecule has 0 radical (unpaired) electrons. The maximum absolute atomic E-state index is 13.4. The molecule has 0 aliphatic carbocycles. The van der Waals surface area contributed by atoms with Crippen LogP contribution in [0.25, 0.3) is 0 Å². The maximum Gasteiger partial charge on any atom is 0.416 e. The van der Waals surface area contributed by atoms with E-state index in [0.29, 0.717) is 13.1 Å². The van der Waals surface area contributed by atoms with E-state index in [9.17, 15) is 18.3 Å². The molecule has 8 heteroatoms. The number of benzene rings is 1. The summed E-state index contributed by atoms with van der Waals surface area (Å²) in [6.07, 6.45) is -4.18. The average Bonchev–Trinajstić information content (AvgIpc) is 2.52. The van der Waals surface area contributed by atoms with Crippen LogP contribution in [0.15, 0.2) is 18.2 Å². The van der Waals surface area contributed by atoms with Crippen molar-refractivity contribution in [3.63, 3.8) is 0 Å². The summed E-state index contributed by atoms with van der Waals surface area (Å²) in [5.74, 6) is 0.180. The zero-order chi connectivity index (χ0) is 16.2. The Bertz CT molecular complexity index is 494. The van der Waals surface area contributed by atoms with Crippen molar-refractivity contribution in [2.45, 2.75) is 18.6 Å². The van der Waals surface area contributed by atoms with Crippen LogP contribution in [-0.2, 0) is 6.18 Å². The molecular weight excluding hydrogens is 333 g/mol. The van der Waals surface area contributed by atoms with Crippen molar-refractivity contribution in [1.29, 1.82) is 0 Å². The number of alkyl halides is 3. The van der Waals surface area contributed by atoms with E-state index in [1.807, 2.05) is 4.90 Å². The molecule has 1 aliphatic heterocycles. The predicted molar refractivity (Wildman–Crippen MR) is 84.1 cm³/mol. The first-order valence-corrected chi connectivity index (χ1v) is 7.28. The number of methoxy groups -OCH3 is 1. The molecule has 0 amide bonds. The van der Waals surface area contributed by atoms with Crippen molar-refractivity contribution in [2.75, 3.05) is 39.9 Å². The smallest absolute Gasteiger partial charge is 0.416 e. The molecule has 0 saturated carbocycles. The molecule has 2 rings (SSSR count). The average molecular weight is 355 g/mol. The Hall–Kier alpha value is -1.02. The molecule has 1 aliphatic rings. The van der Waals surface area contributed by atoms with Gasteiger partial charge in [-0.1, -0.05) is 6.07 Å². The van der Waals surface area contributed by atoms with E-state index in [0.717, 1.165) is 19.2 Å². The lowest BCUT2D eigenvalue weighted by atomic mass is 9.95. The van der Waals surface area contributed by atoms with Gasteiger partial charge in [-0.2, -0.15) is 13.2 Å². The zero-order valence-corrected chi connectivity index (χ0v) is 13.7. The first kappa shape index (κ1) is 20.0. The Labute approximate surface area is 140 Å². The molecule has 1 aromatic rings. The van der Waals surface area contributed by atoms with Crippen molar-refractivity contribution in [3.05, 3.63) is 29.3 Å². The lowest BCUT2D eigenvalue weighted by Crippen LogP contribution is -2.45. The minimum absolute atomic E-state index is 0. The largest absolute Gasteiger partial charge is 0.497 e. The van der Waals surface area contributed by atoms with E-state index < -0.39 is 17.8 Å². The topological polar surface area (TPSA) is 44.7 Å². The Morgan fingerprint density at radius 1 is 1.30 bits per heavy atom. The van der Waals surface area contributed by atoms with E-state index in [2.05, 4.69) is 5.32 Å². The van der Waals surface area contributed by atoms with Crippen LogP contribution in [-0.4, -0.2) is 49.9 Å². The van der Waals surface area contributed by atoms with Crippen LogP contribution in [0, 0.1) is 0 Å². The molecule has 1 atom stereocenters. The normalized spacial score (nSPS) is 17.4. The number of aliphatic hydroxyl groups excluding tert-OH is 1. The van der Waals surface area contributed by atoms with Crippen LogP contribution in [0.1, 0.15) is 23.6 Å². The van der Waals surface area contributed by atoms with Gasteiger partial charge in [0, 0.05) is 38.8 Å². The van der Waals surface area contributed by atoms with Crippen LogP contribution in [0.5, 0.6) is 5.75 Å². The van der Waals surface area contributed by atoms with Crippen LogP contribution in [0.3, 0.4) is 0 Å². The molecule has 0 bridgehead atoms. The van der Waals surface area contributed by atoms with Crippen LogP contribution in [0.4, 0.5) is 13.2 Å². The van der Waals surface area contributed by atoms with Gasteiger partial charge in [-0.25, -0.2) is 0 Å². The van der Waals surface area contributed by atoms with Gasteiger partial charge < -0.3 is 15.2 Å². The maximum atomic E-state index is 13.4. The molecule has 132 valence electrons. The molecule has 4 nitrogen and oxygen atoms in total. The highest BCUT2D eigenvalue weighted by Crippen LogP contribution is 2.39.